The first kappa shape index (κ1) is 16.4. The Balaban J connectivity index is 2.97. The van der Waals surface area contributed by atoms with E-state index in [1.54, 1.807) is 6.92 Å². The van der Waals surface area contributed by atoms with Gasteiger partial charge in [0.15, 0.2) is 5.75 Å². The van der Waals surface area contributed by atoms with Crippen molar-refractivity contribution in [3.63, 3.8) is 0 Å². The number of ether oxygens (including phenoxy) is 1. The Bertz CT molecular complexity index is 558. The van der Waals surface area contributed by atoms with Gasteiger partial charge in [-0.05, 0) is 12.5 Å². The van der Waals surface area contributed by atoms with E-state index >= 15 is 0 Å². The lowest BCUT2D eigenvalue weighted by molar-refractivity contribution is -0.385. The van der Waals surface area contributed by atoms with E-state index in [0.29, 0.717) is 12.8 Å². The quantitative estimate of drug-likeness (QED) is 0.582. The first-order chi connectivity index (χ1) is 9.90. The molecule has 0 bridgehead atoms. The molecule has 0 heterocycles. The summed E-state index contributed by atoms with van der Waals surface area (Å²) in [7, 11) is 1.25. The van der Waals surface area contributed by atoms with Crippen molar-refractivity contribution < 1.29 is 24.4 Å². The molecule has 0 saturated heterocycles. The van der Waals surface area contributed by atoms with Gasteiger partial charge in [0.2, 0.25) is 0 Å². The number of carboxylic acid groups (broad SMARTS) is 1. The summed E-state index contributed by atoms with van der Waals surface area (Å²) in [6, 6.07) is 2.60. The molecule has 0 fully saturated rings. The molecule has 0 aromatic heterocycles. The van der Waals surface area contributed by atoms with Crippen molar-refractivity contribution in [3.05, 3.63) is 33.9 Å². The number of nitrogens with zero attached hydrogens (tertiary/aromatic N) is 1. The number of nitro benzene ring substituents is 1. The molecular formula is C13H16N2O6. The first-order valence-corrected chi connectivity index (χ1v) is 6.26. The maximum absolute atomic E-state index is 12.0. The number of carbonyl (C=O) groups excluding carboxylic acids is 1. The molecule has 0 radical (unpaired) electrons. The van der Waals surface area contributed by atoms with Gasteiger partial charge in [-0.25, -0.2) is 4.79 Å². The molecule has 0 aliphatic rings. The molecule has 2 N–H and O–H groups in total. The number of rotatable bonds is 7. The van der Waals surface area contributed by atoms with E-state index in [9.17, 15) is 19.7 Å². The Morgan fingerprint density at radius 3 is 2.62 bits per heavy atom. The van der Waals surface area contributed by atoms with Crippen LogP contribution in [0.3, 0.4) is 0 Å². The SMILES string of the molecule is CCCC(NC(=O)c1ccc([N+](=O)[O-])c(OC)c1)C(=O)O. The summed E-state index contributed by atoms with van der Waals surface area (Å²) in [5.74, 6) is -1.81. The number of nitrogens with one attached hydrogen (secondary N) is 1. The van der Waals surface area contributed by atoms with E-state index in [4.69, 9.17) is 9.84 Å². The first-order valence-electron chi connectivity index (χ1n) is 6.26. The molecule has 1 atom stereocenters. The van der Waals surface area contributed by atoms with E-state index in [1.807, 2.05) is 0 Å². The highest BCUT2D eigenvalue weighted by Gasteiger charge is 2.22. The number of carbonyl (C=O) groups is 2. The van der Waals surface area contributed by atoms with Gasteiger partial charge in [0.1, 0.15) is 6.04 Å². The topological polar surface area (TPSA) is 119 Å². The third-order valence-corrected chi connectivity index (χ3v) is 2.82. The molecule has 8 nitrogen and oxygen atoms in total. The van der Waals surface area contributed by atoms with Crippen LogP contribution >= 0.6 is 0 Å². The van der Waals surface area contributed by atoms with E-state index in [0.717, 1.165) is 6.07 Å². The number of hydrogen-bond donors (Lipinski definition) is 2. The van der Waals surface area contributed by atoms with Gasteiger partial charge >= 0.3 is 11.7 Å². The van der Waals surface area contributed by atoms with Crippen LogP contribution in [0.2, 0.25) is 0 Å². The lowest BCUT2D eigenvalue weighted by Crippen LogP contribution is -2.40. The number of carboxylic acids is 1. The maximum atomic E-state index is 12.0. The Hall–Kier alpha value is -2.64. The van der Waals surface area contributed by atoms with Crippen LogP contribution in [0.25, 0.3) is 0 Å². The van der Waals surface area contributed by atoms with Crippen molar-refractivity contribution in [1.29, 1.82) is 0 Å². The molecule has 1 aromatic rings. The average molecular weight is 296 g/mol. The van der Waals surface area contributed by atoms with Crippen LogP contribution in [0.4, 0.5) is 5.69 Å². The molecule has 1 rings (SSSR count). The predicted molar refractivity (Wildman–Crippen MR) is 73.4 cm³/mol. The van der Waals surface area contributed by atoms with Crippen LogP contribution < -0.4 is 10.1 Å². The number of amides is 1. The fourth-order valence-electron chi connectivity index (χ4n) is 1.76. The zero-order valence-corrected chi connectivity index (χ0v) is 11.7. The van der Waals surface area contributed by atoms with Crippen molar-refractivity contribution in [2.75, 3.05) is 7.11 Å². The normalized spacial score (nSPS) is 11.5. The average Bonchev–Trinajstić information content (AvgIpc) is 2.45. The molecule has 21 heavy (non-hydrogen) atoms. The van der Waals surface area contributed by atoms with Gasteiger partial charge in [-0.3, -0.25) is 14.9 Å². The van der Waals surface area contributed by atoms with Crippen LogP contribution in [0.5, 0.6) is 5.75 Å². The van der Waals surface area contributed by atoms with Crippen molar-refractivity contribution in [3.8, 4) is 5.75 Å². The second-order valence-electron chi connectivity index (χ2n) is 4.30. The largest absolute Gasteiger partial charge is 0.490 e. The summed E-state index contributed by atoms with van der Waals surface area (Å²) < 4.78 is 4.86. The highest BCUT2D eigenvalue weighted by molar-refractivity contribution is 5.97. The van der Waals surface area contributed by atoms with Crippen molar-refractivity contribution in [2.45, 2.75) is 25.8 Å². The summed E-state index contributed by atoms with van der Waals surface area (Å²) >= 11 is 0. The van der Waals surface area contributed by atoms with Gasteiger partial charge in [-0.1, -0.05) is 13.3 Å². The van der Waals surface area contributed by atoms with Crippen molar-refractivity contribution in [1.82, 2.24) is 5.32 Å². The van der Waals surface area contributed by atoms with Crippen molar-refractivity contribution in [2.24, 2.45) is 0 Å². The number of hydrogen-bond acceptors (Lipinski definition) is 5. The van der Waals surface area contributed by atoms with Gasteiger partial charge in [0, 0.05) is 17.7 Å². The van der Waals surface area contributed by atoms with E-state index < -0.39 is 22.8 Å². The molecule has 1 aromatic carbocycles. The zero-order chi connectivity index (χ0) is 16.0. The smallest absolute Gasteiger partial charge is 0.326 e. The summed E-state index contributed by atoms with van der Waals surface area (Å²) in [5, 5.41) is 22.1. The number of benzene rings is 1. The molecule has 0 aliphatic carbocycles. The van der Waals surface area contributed by atoms with Gasteiger partial charge in [-0.2, -0.15) is 0 Å². The molecule has 0 saturated carbocycles. The van der Waals surface area contributed by atoms with Crippen molar-refractivity contribution >= 4 is 17.6 Å². The van der Waals surface area contributed by atoms with E-state index in [-0.39, 0.29) is 17.0 Å². The Kier molecular flexibility index (Phi) is 5.65. The Labute approximate surface area is 120 Å². The highest BCUT2D eigenvalue weighted by atomic mass is 16.6. The second kappa shape index (κ2) is 7.22. The van der Waals surface area contributed by atoms with Gasteiger partial charge in [0.05, 0.1) is 12.0 Å². The van der Waals surface area contributed by atoms with E-state index in [2.05, 4.69) is 5.32 Å². The van der Waals surface area contributed by atoms with Crippen LogP contribution in [0.1, 0.15) is 30.1 Å². The molecule has 1 unspecified atom stereocenters. The third kappa shape index (κ3) is 4.16. The lowest BCUT2D eigenvalue weighted by Gasteiger charge is -2.13. The molecule has 8 heteroatoms. The van der Waals surface area contributed by atoms with Gasteiger partial charge in [0.25, 0.3) is 5.91 Å². The Morgan fingerprint density at radius 2 is 2.14 bits per heavy atom. The Morgan fingerprint density at radius 1 is 1.48 bits per heavy atom. The van der Waals surface area contributed by atoms with Crippen LogP contribution in [-0.4, -0.2) is 35.1 Å². The van der Waals surface area contributed by atoms with Crippen LogP contribution in [0.15, 0.2) is 18.2 Å². The minimum Gasteiger partial charge on any atom is -0.490 e. The molecule has 0 aliphatic heterocycles. The lowest BCUT2D eigenvalue weighted by atomic mass is 10.1. The van der Waals surface area contributed by atoms with Crippen LogP contribution in [0, 0.1) is 10.1 Å². The van der Waals surface area contributed by atoms with Crippen LogP contribution in [-0.2, 0) is 4.79 Å². The maximum Gasteiger partial charge on any atom is 0.326 e. The van der Waals surface area contributed by atoms with Gasteiger partial charge < -0.3 is 15.2 Å². The third-order valence-electron chi connectivity index (χ3n) is 2.82. The number of nitro groups is 1. The summed E-state index contributed by atoms with van der Waals surface area (Å²) in [4.78, 5) is 33.1. The second-order valence-corrected chi connectivity index (χ2v) is 4.30. The minimum absolute atomic E-state index is 0.0602. The molecular weight excluding hydrogens is 280 g/mol. The highest BCUT2D eigenvalue weighted by Crippen LogP contribution is 2.27. The molecule has 1 amide bonds. The number of aliphatic carboxylic acids is 1. The molecule has 114 valence electrons. The summed E-state index contributed by atoms with van der Waals surface area (Å²) in [6.07, 6.45) is 0.895. The summed E-state index contributed by atoms with van der Waals surface area (Å²) in [5.41, 5.74) is -0.169. The fraction of sp³-hybridized carbons (Fsp3) is 0.385. The fourth-order valence-corrected chi connectivity index (χ4v) is 1.76. The van der Waals surface area contributed by atoms with E-state index in [1.165, 1.54) is 19.2 Å². The number of methoxy groups -OCH3 is 1. The monoisotopic (exact) mass is 296 g/mol. The zero-order valence-electron chi connectivity index (χ0n) is 11.7. The summed E-state index contributed by atoms with van der Waals surface area (Å²) in [6.45, 7) is 1.80. The standard InChI is InChI=1S/C13H16N2O6/c1-3-4-9(13(17)18)14-12(16)8-5-6-10(15(19)20)11(7-8)21-2/h5-7,9H,3-4H2,1-2H3,(H,14,16)(H,17,18). The molecule has 0 spiro atoms. The predicted octanol–water partition coefficient (Wildman–Crippen LogP) is 1.59. The van der Waals surface area contributed by atoms with Gasteiger partial charge in [-0.15, -0.1) is 0 Å². The minimum atomic E-state index is -1.13.